The monoisotopic (exact) mass is 1030 g/mol. The summed E-state index contributed by atoms with van der Waals surface area (Å²) in [5.74, 6) is -0.0633. The van der Waals surface area contributed by atoms with Gasteiger partial charge in [0.15, 0.2) is 18.9 Å². The largest absolute Gasteiger partial charge is 0.397 e. The zero-order chi connectivity index (χ0) is 50.7. The molecular formula is C45H76O22S2. The maximum Gasteiger partial charge on any atom is 0.397 e. The number of fused-ring (bicyclic) bond motifs is 5. The molecule has 7 aliphatic rings. The van der Waals surface area contributed by atoms with Gasteiger partial charge in [-0.25, -0.2) is 8.37 Å². The first kappa shape index (κ1) is 55.7. The van der Waals surface area contributed by atoms with Crippen LogP contribution in [-0.2, 0) is 62.3 Å². The van der Waals surface area contributed by atoms with Gasteiger partial charge < -0.3 is 68.9 Å². The SMILES string of the molecule is CO[C@@H]1[C@@H](O)[C@H](O[C@H]2[C@H](O[C@@H]3[C@@H](O)[C@H](O[C@H]4C[C@@H]5C(=CC[C@]6(C)[C@@H]([C@H](C)CC[C@H](OS(=O)(=O)O)C(C)C)CC[C@@H]56)[C@@]5(C)CC[C@H](OS(=O)(=O)O)C[C@H]45)O[C@H](CO)[C@H]3O)OC[C@@H](O)[C@@H]2O)O[C@H](C)[C@H]1O. The van der Waals surface area contributed by atoms with Crippen molar-refractivity contribution in [1.82, 2.24) is 0 Å². The maximum atomic E-state index is 12.1. The molecule has 0 bridgehead atoms. The van der Waals surface area contributed by atoms with Crippen molar-refractivity contribution in [2.24, 2.45) is 46.3 Å². The van der Waals surface area contributed by atoms with Crippen LogP contribution < -0.4 is 0 Å². The number of methoxy groups -OCH3 is 1. The Morgan fingerprint density at radius 1 is 0.768 bits per heavy atom. The van der Waals surface area contributed by atoms with Gasteiger partial charge in [-0.05, 0) is 111 Å². The summed E-state index contributed by atoms with van der Waals surface area (Å²) >= 11 is 0. The lowest BCUT2D eigenvalue weighted by molar-refractivity contribution is -0.381. The smallest absolute Gasteiger partial charge is 0.394 e. The van der Waals surface area contributed by atoms with Crippen LogP contribution >= 0.6 is 0 Å². The molecule has 0 aromatic carbocycles. The molecule has 0 aromatic rings. The van der Waals surface area contributed by atoms with E-state index in [2.05, 4.69) is 26.8 Å². The molecule has 4 aliphatic carbocycles. The van der Waals surface area contributed by atoms with Gasteiger partial charge in [0, 0.05) is 7.11 Å². The summed E-state index contributed by atoms with van der Waals surface area (Å²) in [7, 11) is -8.19. The average Bonchev–Trinajstić information content (AvgIpc) is 3.63. The van der Waals surface area contributed by atoms with Crippen molar-refractivity contribution in [1.29, 1.82) is 0 Å². The zero-order valence-corrected chi connectivity index (χ0v) is 41.9. The number of hydrogen-bond acceptors (Lipinski definition) is 20. The molecule has 0 unspecified atom stereocenters. The summed E-state index contributed by atoms with van der Waals surface area (Å²) in [5, 5.41) is 77.5. The number of rotatable bonds is 17. The molecule has 22 nitrogen and oxygen atoms in total. The Balaban J connectivity index is 1.14. The van der Waals surface area contributed by atoms with E-state index < -0.39 is 150 Å². The minimum atomic E-state index is -4.83. The molecule has 6 fully saturated rings. The minimum Gasteiger partial charge on any atom is -0.394 e. The van der Waals surface area contributed by atoms with Crippen molar-refractivity contribution in [2.45, 2.75) is 204 Å². The number of hydrogen-bond donors (Lipinski definition) is 9. The second kappa shape index (κ2) is 21.6. The lowest BCUT2D eigenvalue weighted by atomic mass is 9.47. The van der Waals surface area contributed by atoms with E-state index in [0.29, 0.717) is 32.1 Å². The van der Waals surface area contributed by atoms with E-state index in [1.54, 1.807) is 0 Å². The summed E-state index contributed by atoms with van der Waals surface area (Å²) in [6, 6.07) is 0. The van der Waals surface area contributed by atoms with Crippen LogP contribution in [0.4, 0.5) is 0 Å². The van der Waals surface area contributed by atoms with Crippen molar-refractivity contribution >= 4 is 20.8 Å². The van der Waals surface area contributed by atoms with Gasteiger partial charge in [-0.2, -0.15) is 16.8 Å². The van der Waals surface area contributed by atoms with Crippen molar-refractivity contribution in [2.75, 3.05) is 20.3 Å². The van der Waals surface area contributed by atoms with Crippen LogP contribution in [0.15, 0.2) is 11.6 Å². The zero-order valence-electron chi connectivity index (χ0n) is 40.3. The molecule has 0 amide bonds. The number of aliphatic hydroxyl groups excluding tert-OH is 7. The fraction of sp³-hybridized carbons (Fsp3) is 0.956. The van der Waals surface area contributed by atoms with Crippen LogP contribution in [0, 0.1) is 46.3 Å². The highest BCUT2D eigenvalue weighted by atomic mass is 32.3. The molecule has 400 valence electrons. The van der Waals surface area contributed by atoms with Crippen LogP contribution in [0.5, 0.6) is 0 Å². The van der Waals surface area contributed by atoms with E-state index in [4.69, 9.17) is 41.5 Å². The molecule has 3 heterocycles. The van der Waals surface area contributed by atoms with Crippen molar-refractivity contribution in [3.8, 4) is 0 Å². The van der Waals surface area contributed by atoms with E-state index in [1.165, 1.54) is 19.6 Å². The van der Waals surface area contributed by atoms with E-state index in [0.717, 1.165) is 19.3 Å². The number of allylic oxidation sites excluding steroid dienone is 2. The summed E-state index contributed by atoms with van der Waals surface area (Å²) in [4.78, 5) is 0. The molecule has 9 N–H and O–H groups in total. The topological polar surface area (TPSA) is 333 Å². The number of aliphatic hydroxyl groups is 7. The molecule has 0 aromatic heterocycles. The molecule has 3 aliphatic heterocycles. The first-order valence-corrected chi connectivity index (χ1v) is 27.1. The van der Waals surface area contributed by atoms with Gasteiger partial charge in [0.2, 0.25) is 0 Å². The van der Waals surface area contributed by atoms with Crippen LogP contribution in [0.25, 0.3) is 0 Å². The fourth-order valence-electron chi connectivity index (χ4n) is 13.4. The highest BCUT2D eigenvalue weighted by molar-refractivity contribution is 7.81. The molecule has 0 spiro atoms. The molecule has 24 atom stereocenters. The average molecular weight is 1030 g/mol. The second-order valence-corrected chi connectivity index (χ2v) is 23.6. The summed E-state index contributed by atoms with van der Waals surface area (Å²) in [5.41, 5.74) is 0.464. The van der Waals surface area contributed by atoms with E-state index in [9.17, 15) is 61.7 Å². The molecule has 7 rings (SSSR count). The molecule has 3 saturated carbocycles. The highest BCUT2D eigenvalue weighted by Gasteiger charge is 2.62. The predicted molar refractivity (Wildman–Crippen MR) is 238 cm³/mol. The Morgan fingerprint density at radius 3 is 2.07 bits per heavy atom. The van der Waals surface area contributed by atoms with E-state index in [-0.39, 0.29) is 41.4 Å². The van der Waals surface area contributed by atoms with Crippen molar-refractivity contribution < 1.29 is 103 Å². The maximum absolute atomic E-state index is 12.1. The third-order valence-corrected chi connectivity index (χ3v) is 18.1. The lowest BCUT2D eigenvalue weighted by Crippen LogP contribution is -2.65. The molecule has 0 radical (unpaired) electrons. The predicted octanol–water partition coefficient (Wildman–Crippen LogP) is 0.778. The first-order valence-electron chi connectivity index (χ1n) is 24.3. The Labute approximate surface area is 404 Å². The van der Waals surface area contributed by atoms with Crippen molar-refractivity contribution in [3.05, 3.63) is 11.6 Å². The Hall–Kier alpha value is -1.08. The summed E-state index contributed by atoms with van der Waals surface area (Å²) in [6.07, 6.45) is -16.1. The van der Waals surface area contributed by atoms with Gasteiger partial charge in [-0.15, -0.1) is 0 Å². The number of ether oxygens (including phenoxy) is 7. The Kier molecular flexibility index (Phi) is 17.5. The van der Waals surface area contributed by atoms with Gasteiger partial charge >= 0.3 is 20.8 Å². The summed E-state index contributed by atoms with van der Waals surface area (Å²) < 4.78 is 119. The van der Waals surface area contributed by atoms with Crippen LogP contribution in [0.1, 0.15) is 99.3 Å². The van der Waals surface area contributed by atoms with E-state index >= 15 is 0 Å². The van der Waals surface area contributed by atoms with Crippen molar-refractivity contribution in [3.63, 3.8) is 0 Å². The van der Waals surface area contributed by atoms with E-state index in [1.807, 2.05) is 13.8 Å². The summed E-state index contributed by atoms with van der Waals surface area (Å²) in [6.45, 7) is 10.5. The fourth-order valence-corrected chi connectivity index (χ4v) is 14.5. The third kappa shape index (κ3) is 11.6. The van der Waals surface area contributed by atoms with Crippen LogP contribution in [0.2, 0.25) is 0 Å². The minimum absolute atomic E-state index is 0.0371. The van der Waals surface area contributed by atoms with Gasteiger partial charge in [0.1, 0.15) is 61.0 Å². The molecule has 24 heteroatoms. The van der Waals surface area contributed by atoms with Gasteiger partial charge in [0.05, 0.1) is 37.6 Å². The second-order valence-electron chi connectivity index (χ2n) is 21.5. The van der Waals surface area contributed by atoms with Gasteiger partial charge in [0.25, 0.3) is 0 Å². The highest BCUT2D eigenvalue weighted by Crippen LogP contribution is 2.67. The third-order valence-electron chi connectivity index (χ3n) is 17.1. The Bertz CT molecular complexity index is 1990. The molecular weight excluding hydrogens is 957 g/mol. The standard InChI is InChI=1S/C45H76O22S2/c1-20(2)30(67-69(56,57)58)11-8-21(3)25-9-10-26-24-17-31(28-16-23(66-68(53,54)55)12-14-45(28,6)27(24)13-15-44(25,26)5)62-42-37(52)39(35(50)32(18-46)63-42)64-43-40(34(49)29(47)19-60-43)65-41-36(51)38(59-7)33(48)22(4)61-41/h13,20-26,28-43,46-52H,8-12,14-19H2,1-7H3,(H,53,54,55)(H,56,57,58)/t21-,22-,23+,24+,25-,26+,28-,29-,30+,31+,32-,33-,34+,35-,36-,37-,38+,39+,40-,41+,42-,43+,44-,45-/m1/s1. The molecule has 69 heavy (non-hydrogen) atoms. The van der Waals surface area contributed by atoms with Crippen LogP contribution in [0.3, 0.4) is 0 Å². The van der Waals surface area contributed by atoms with Crippen LogP contribution in [-0.4, -0.2) is 186 Å². The molecule has 3 saturated heterocycles. The lowest BCUT2D eigenvalue weighted by Gasteiger charge is -2.59. The Morgan fingerprint density at radius 2 is 1.43 bits per heavy atom. The van der Waals surface area contributed by atoms with Gasteiger partial charge in [-0.3, -0.25) is 9.11 Å². The normalized spacial score (nSPS) is 47.2. The quantitative estimate of drug-likeness (QED) is 0.0718. The first-order chi connectivity index (χ1) is 32.2. The van der Waals surface area contributed by atoms with Gasteiger partial charge in [-0.1, -0.05) is 46.3 Å².